The zero-order valence-corrected chi connectivity index (χ0v) is 18.2. The van der Waals surface area contributed by atoms with Gasteiger partial charge in [-0.25, -0.2) is 0 Å². The highest BCUT2D eigenvalue weighted by Gasteiger charge is 2.15. The molecule has 0 bridgehead atoms. The van der Waals surface area contributed by atoms with Crippen LogP contribution in [0.3, 0.4) is 0 Å². The van der Waals surface area contributed by atoms with Crippen molar-refractivity contribution in [1.82, 2.24) is 0 Å². The van der Waals surface area contributed by atoms with Crippen LogP contribution >= 0.6 is 0 Å². The second-order valence-corrected chi connectivity index (χ2v) is 7.64. The van der Waals surface area contributed by atoms with Crippen molar-refractivity contribution in [2.24, 2.45) is 0 Å². The summed E-state index contributed by atoms with van der Waals surface area (Å²) in [5.41, 5.74) is 5.67. The molecule has 4 aromatic carbocycles. The van der Waals surface area contributed by atoms with E-state index >= 15 is 0 Å². The highest BCUT2D eigenvalue weighted by molar-refractivity contribution is 6.10. The average Bonchev–Trinajstić information content (AvgIpc) is 2.79. The van der Waals surface area contributed by atoms with Crippen molar-refractivity contribution in [3.8, 4) is 22.6 Å². The molecular weight excluding hydrogens is 386 g/mol. The van der Waals surface area contributed by atoms with E-state index in [0.717, 1.165) is 33.2 Å². The summed E-state index contributed by atoms with van der Waals surface area (Å²) in [5, 5.41) is 4.90. The molecule has 0 spiro atoms. The highest BCUT2D eigenvalue weighted by Crippen LogP contribution is 2.38. The molecule has 0 unspecified atom stereocenters. The van der Waals surface area contributed by atoms with Gasteiger partial charge in [-0.2, -0.15) is 0 Å². The molecule has 0 radical (unpaired) electrons. The Bertz CT molecular complexity index is 1240. The minimum Gasteiger partial charge on any atom is -0.493 e. The minimum absolute atomic E-state index is 0.158. The van der Waals surface area contributed by atoms with Gasteiger partial charge in [0, 0.05) is 11.3 Å². The predicted octanol–water partition coefficient (Wildman–Crippen LogP) is 6.39. The van der Waals surface area contributed by atoms with Gasteiger partial charge in [0.25, 0.3) is 5.91 Å². The Labute approximate surface area is 182 Å². The molecule has 4 nitrogen and oxygen atoms in total. The van der Waals surface area contributed by atoms with Crippen molar-refractivity contribution in [3.05, 3.63) is 89.5 Å². The molecule has 0 atom stereocenters. The second kappa shape index (κ2) is 8.52. The molecule has 0 saturated heterocycles. The second-order valence-electron chi connectivity index (χ2n) is 7.64. The van der Waals surface area contributed by atoms with E-state index in [1.807, 2.05) is 55.5 Å². The van der Waals surface area contributed by atoms with Crippen LogP contribution in [-0.2, 0) is 0 Å². The van der Waals surface area contributed by atoms with Crippen molar-refractivity contribution in [3.63, 3.8) is 0 Å². The monoisotopic (exact) mass is 411 g/mol. The van der Waals surface area contributed by atoms with Gasteiger partial charge < -0.3 is 14.8 Å². The fraction of sp³-hybridized carbons (Fsp3) is 0.148. The number of carbonyl (C=O) groups excluding carboxylic acids is 1. The van der Waals surface area contributed by atoms with E-state index in [0.29, 0.717) is 17.1 Å². The molecule has 0 aliphatic heterocycles. The lowest BCUT2D eigenvalue weighted by Gasteiger charge is -2.15. The number of rotatable bonds is 5. The van der Waals surface area contributed by atoms with Gasteiger partial charge in [0.1, 0.15) is 0 Å². The lowest BCUT2D eigenvalue weighted by molar-refractivity contribution is 0.102. The molecule has 156 valence electrons. The van der Waals surface area contributed by atoms with Gasteiger partial charge >= 0.3 is 0 Å². The minimum atomic E-state index is -0.158. The molecule has 0 saturated carbocycles. The number of anilines is 1. The summed E-state index contributed by atoms with van der Waals surface area (Å²) >= 11 is 0. The molecule has 0 aliphatic carbocycles. The van der Waals surface area contributed by atoms with Crippen molar-refractivity contribution >= 4 is 22.4 Å². The molecular formula is C27H25NO3. The van der Waals surface area contributed by atoms with Crippen molar-refractivity contribution in [2.75, 3.05) is 19.5 Å². The largest absolute Gasteiger partial charge is 0.493 e. The number of amides is 1. The smallest absolute Gasteiger partial charge is 0.255 e. The van der Waals surface area contributed by atoms with E-state index in [1.165, 1.54) is 5.56 Å². The molecule has 1 N–H and O–H groups in total. The summed E-state index contributed by atoms with van der Waals surface area (Å²) in [6, 6.07) is 23.7. The van der Waals surface area contributed by atoms with Gasteiger partial charge in [-0.3, -0.25) is 4.79 Å². The van der Waals surface area contributed by atoms with Gasteiger partial charge in [-0.05, 0) is 72.1 Å². The van der Waals surface area contributed by atoms with E-state index < -0.39 is 0 Å². The Morgan fingerprint density at radius 2 is 1.32 bits per heavy atom. The van der Waals surface area contributed by atoms with E-state index in [9.17, 15) is 4.79 Å². The standard InChI is InChI=1S/C27H25NO3/c1-17-5-9-19(10-6-17)23-14-21(27(29)28-22-11-7-18(2)8-12-22)13-20-15-25(30-3)26(31-4)16-24(20)23/h5-16H,1-4H3,(H,28,29). The van der Waals surface area contributed by atoms with E-state index in [1.54, 1.807) is 14.2 Å². The van der Waals surface area contributed by atoms with Crippen LogP contribution in [0.5, 0.6) is 11.5 Å². The summed E-state index contributed by atoms with van der Waals surface area (Å²) in [5.74, 6) is 1.12. The molecule has 0 heterocycles. The van der Waals surface area contributed by atoms with Crippen LogP contribution in [0, 0.1) is 13.8 Å². The average molecular weight is 412 g/mol. The van der Waals surface area contributed by atoms with Crippen LogP contribution < -0.4 is 14.8 Å². The lowest BCUT2D eigenvalue weighted by Crippen LogP contribution is -2.12. The predicted molar refractivity (Wildman–Crippen MR) is 126 cm³/mol. The number of nitrogens with one attached hydrogen (secondary N) is 1. The number of hydrogen-bond donors (Lipinski definition) is 1. The Morgan fingerprint density at radius 1 is 0.742 bits per heavy atom. The quantitative estimate of drug-likeness (QED) is 0.414. The van der Waals surface area contributed by atoms with Crippen LogP contribution in [-0.4, -0.2) is 20.1 Å². The topological polar surface area (TPSA) is 47.6 Å². The molecule has 4 heteroatoms. The molecule has 0 aromatic heterocycles. The normalized spacial score (nSPS) is 10.7. The van der Waals surface area contributed by atoms with Gasteiger partial charge in [0.05, 0.1) is 14.2 Å². The van der Waals surface area contributed by atoms with Gasteiger partial charge in [0.2, 0.25) is 0 Å². The summed E-state index contributed by atoms with van der Waals surface area (Å²) in [7, 11) is 3.23. The zero-order valence-electron chi connectivity index (χ0n) is 18.2. The van der Waals surface area contributed by atoms with E-state index in [4.69, 9.17) is 9.47 Å². The Morgan fingerprint density at radius 3 is 1.94 bits per heavy atom. The number of aryl methyl sites for hydroxylation is 2. The molecule has 4 rings (SSSR count). The Hall–Kier alpha value is -3.79. The van der Waals surface area contributed by atoms with Gasteiger partial charge in [0.15, 0.2) is 11.5 Å². The molecule has 1 amide bonds. The van der Waals surface area contributed by atoms with E-state index in [2.05, 4.69) is 36.5 Å². The zero-order chi connectivity index (χ0) is 22.0. The summed E-state index contributed by atoms with van der Waals surface area (Å²) in [6.07, 6.45) is 0. The fourth-order valence-electron chi connectivity index (χ4n) is 3.63. The molecule has 31 heavy (non-hydrogen) atoms. The Kier molecular flexibility index (Phi) is 5.63. The number of ether oxygens (including phenoxy) is 2. The number of benzene rings is 4. The first-order valence-corrected chi connectivity index (χ1v) is 10.1. The van der Waals surface area contributed by atoms with Crippen LogP contribution in [0.1, 0.15) is 21.5 Å². The van der Waals surface area contributed by atoms with Gasteiger partial charge in [-0.1, -0.05) is 47.5 Å². The molecule has 0 aliphatic rings. The molecule has 4 aromatic rings. The fourth-order valence-corrected chi connectivity index (χ4v) is 3.63. The van der Waals surface area contributed by atoms with Crippen LogP contribution in [0.2, 0.25) is 0 Å². The maximum Gasteiger partial charge on any atom is 0.255 e. The van der Waals surface area contributed by atoms with Crippen LogP contribution in [0.4, 0.5) is 5.69 Å². The molecule has 0 fully saturated rings. The van der Waals surface area contributed by atoms with Crippen LogP contribution in [0.15, 0.2) is 72.8 Å². The number of methoxy groups -OCH3 is 2. The van der Waals surface area contributed by atoms with Crippen molar-refractivity contribution in [1.29, 1.82) is 0 Å². The first-order valence-electron chi connectivity index (χ1n) is 10.1. The lowest BCUT2D eigenvalue weighted by atomic mass is 9.94. The maximum atomic E-state index is 13.1. The highest BCUT2D eigenvalue weighted by atomic mass is 16.5. The summed E-state index contributed by atoms with van der Waals surface area (Å²) in [6.45, 7) is 4.08. The summed E-state index contributed by atoms with van der Waals surface area (Å²) < 4.78 is 11.0. The number of hydrogen-bond acceptors (Lipinski definition) is 3. The number of carbonyl (C=O) groups is 1. The third-order valence-electron chi connectivity index (χ3n) is 5.39. The Balaban J connectivity index is 1.86. The van der Waals surface area contributed by atoms with Gasteiger partial charge in [-0.15, -0.1) is 0 Å². The first-order chi connectivity index (χ1) is 15.0. The van der Waals surface area contributed by atoms with Crippen LogP contribution in [0.25, 0.3) is 21.9 Å². The number of fused-ring (bicyclic) bond motifs is 1. The van der Waals surface area contributed by atoms with E-state index in [-0.39, 0.29) is 5.91 Å². The summed E-state index contributed by atoms with van der Waals surface area (Å²) in [4.78, 5) is 13.1. The third-order valence-corrected chi connectivity index (χ3v) is 5.39. The third kappa shape index (κ3) is 4.24. The maximum absolute atomic E-state index is 13.1. The first kappa shape index (κ1) is 20.5. The SMILES string of the molecule is COc1cc2cc(C(=O)Nc3ccc(C)cc3)cc(-c3ccc(C)cc3)c2cc1OC. The van der Waals surface area contributed by atoms with Crippen molar-refractivity contribution in [2.45, 2.75) is 13.8 Å². The van der Waals surface area contributed by atoms with Crippen molar-refractivity contribution < 1.29 is 14.3 Å².